The van der Waals surface area contributed by atoms with Crippen LogP contribution in [0.1, 0.15) is 34.8 Å². The van der Waals surface area contributed by atoms with Crippen LogP contribution in [0.3, 0.4) is 0 Å². The maximum atomic E-state index is 12.5. The van der Waals surface area contributed by atoms with E-state index in [2.05, 4.69) is 10.3 Å². The molecule has 1 aromatic heterocycles. The first-order valence-corrected chi connectivity index (χ1v) is 8.84. The van der Waals surface area contributed by atoms with Crippen molar-refractivity contribution in [1.82, 2.24) is 10.3 Å². The Hall–Kier alpha value is -2.89. The summed E-state index contributed by atoms with van der Waals surface area (Å²) in [5, 5.41) is 2.96. The minimum atomic E-state index is -0.123. The lowest BCUT2D eigenvalue weighted by molar-refractivity contribution is -0.118. The molecular formula is C20H24N4O2. The number of hydrogen-bond acceptors (Lipinski definition) is 4. The fourth-order valence-electron chi connectivity index (χ4n) is 3.24. The van der Waals surface area contributed by atoms with Crippen LogP contribution < -0.4 is 15.1 Å². The molecule has 0 saturated heterocycles. The third-order valence-corrected chi connectivity index (χ3v) is 4.57. The van der Waals surface area contributed by atoms with Crippen LogP contribution in [-0.2, 0) is 17.8 Å². The summed E-state index contributed by atoms with van der Waals surface area (Å²) in [7, 11) is 3.86. The summed E-state index contributed by atoms with van der Waals surface area (Å²) in [6.45, 7) is 2.97. The first-order valence-electron chi connectivity index (χ1n) is 8.84. The van der Waals surface area contributed by atoms with E-state index in [9.17, 15) is 9.59 Å². The molecule has 1 aromatic carbocycles. The first-order chi connectivity index (χ1) is 12.5. The molecule has 0 radical (unpaired) electrons. The van der Waals surface area contributed by atoms with Gasteiger partial charge < -0.3 is 15.1 Å². The Morgan fingerprint density at radius 3 is 2.81 bits per heavy atom. The van der Waals surface area contributed by atoms with Crippen LogP contribution in [0.5, 0.6) is 0 Å². The molecule has 1 aliphatic rings. The first kappa shape index (κ1) is 17.9. The minimum Gasteiger partial charge on any atom is -0.362 e. The molecule has 26 heavy (non-hydrogen) atoms. The van der Waals surface area contributed by atoms with Gasteiger partial charge >= 0.3 is 0 Å². The number of nitrogens with zero attached hydrogens (tertiary/aromatic N) is 3. The molecule has 2 aromatic rings. The predicted octanol–water partition coefficient (Wildman–Crippen LogP) is 2.38. The van der Waals surface area contributed by atoms with Gasteiger partial charge in [0.25, 0.3) is 5.91 Å². The van der Waals surface area contributed by atoms with Gasteiger partial charge in [0.1, 0.15) is 5.82 Å². The molecule has 0 atom stereocenters. The molecule has 0 fully saturated rings. The van der Waals surface area contributed by atoms with E-state index in [-0.39, 0.29) is 11.8 Å². The number of anilines is 2. The van der Waals surface area contributed by atoms with Gasteiger partial charge in [-0.25, -0.2) is 4.98 Å². The van der Waals surface area contributed by atoms with Crippen LogP contribution >= 0.6 is 0 Å². The zero-order valence-corrected chi connectivity index (χ0v) is 15.5. The van der Waals surface area contributed by atoms with Crippen LogP contribution in [-0.4, -0.2) is 37.4 Å². The molecule has 2 heterocycles. The van der Waals surface area contributed by atoms with Gasteiger partial charge in [0, 0.05) is 56.6 Å². The van der Waals surface area contributed by atoms with Crippen molar-refractivity contribution < 1.29 is 9.59 Å². The van der Waals surface area contributed by atoms with Gasteiger partial charge in [0.05, 0.1) is 0 Å². The van der Waals surface area contributed by atoms with Crippen molar-refractivity contribution in [1.29, 1.82) is 0 Å². The lowest BCUT2D eigenvalue weighted by Gasteiger charge is -2.17. The maximum Gasteiger partial charge on any atom is 0.251 e. The number of benzene rings is 1. The van der Waals surface area contributed by atoms with Gasteiger partial charge in [-0.15, -0.1) is 0 Å². The predicted molar refractivity (Wildman–Crippen MR) is 103 cm³/mol. The summed E-state index contributed by atoms with van der Waals surface area (Å²) < 4.78 is 0. The van der Waals surface area contributed by atoms with E-state index in [4.69, 9.17) is 0 Å². The Kier molecular flexibility index (Phi) is 5.21. The standard InChI is InChI=1S/C20H24N4O2/c1-4-18(25)24-11-9-14-12-15(7-8-17(14)24)20(26)22-13-16-6-5-10-21-19(16)23(2)3/h5-8,10,12H,4,9,11,13H2,1-3H3,(H,22,26). The largest absolute Gasteiger partial charge is 0.362 e. The van der Waals surface area contributed by atoms with Gasteiger partial charge in [-0.05, 0) is 36.2 Å². The van der Waals surface area contributed by atoms with Crippen molar-refractivity contribution in [2.45, 2.75) is 26.3 Å². The highest BCUT2D eigenvalue weighted by Crippen LogP contribution is 2.29. The average Bonchev–Trinajstić information content (AvgIpc) is 3.08. The second-order valence-electron chi connectivity index (χ2n) is 6.56. The van der Waals surface area contributed by atoms with Crippen molar-refractivity contribution in [2.24, 2.45) is 0 Å². The topological polar surface area (TPSA) is 65.5 Å². The molecule has 0 unspecified atom stereocenters. The van der Waals surface area contributed by atoms with Gasteiger partial charge in [-0.2, -0.15) is 0 Å². The van der Waals surface area contributed by atoms with Gasteiger partial charge in [-0.1, -0.05) is 13.0 Å². The van der Waals surface area contributed by atoms with Gasteiger partial charge in [-0.3, -0.25) is 9.59 Å². The third kappa shape index (κ3) is 3.54. The van der Waals surface area contributed by atoms with E-state index in [0.29, 0.717) is 25.1 Å². The van der Waals surface area contributed by atoms with Crippen molar-refractivity contribution in [3.05, 3.63) is 53.2 Å². The van der Waals surface area contributed by atoms with Crippen molar-refractivity contribution in [3.63, 3.8) is 0 Å². The monoisotopic (exact) mass is 352 g/mol. The molecule has 0 spiro atoms. The number of pyridine rings is 1. The molecule has 136 valence electrons. The second kappa shape index (κ2) is 7.56. The SMILES string of the molecule is CCC(=O)N1CCc2cc(C(=O)NCc3cccnc3N(C)C)ccc21. The number of carbonyl (C=O) groups is 2. The molecule has 6 nitrogen and oxygen atoms in total. The molecule has 0 saturated carbocycles. The molecule has 1 N–H and O–H groups in total. The molecule has 6 heteroatoms. The van der Waals surface area contributed by atoms with Gasteiger partial charge in [0.15, 0.2) is 0 Å². The van der Waals surface area contributed by atoms with Crippen LogP contribution in [0.4, 0.5) is 11.5 Å². The number of nitrogens with one attached hydrogen (secondary N) is 1. The van der Waals surface area contributed by atoms with Gasteiger partial charge in [0.2, 0.25) is 5.91 Å². The van der Waals surface area contributed by atoms with E-state index < -0.39 is 0 Å². The number of amides is 2. The van der Waals surface area contributed by atoms with Crippen LogP contribution in [0.25, 0.3) is 0 Å². The fourth-order valence-corrected chi connectivity index (χ4v) is 3.24. The molecule has 1 aliphatic heterocycles. The number of rotatable bonds is 5. The summed E-state index contributed by atoms with van der Waals surface area (Å²) in [4.78, 5) is 32.6. The Labute approximate surface area is 153 Å². The Morgan fingerprint density at radius 2 is 2.08 bits per heavy atom. The Balaban J connectivity index is 1.71. The van der Waals surface area contributed by atoms with E-state index in [1.807, 2.05) is 50.2 Å². The number of carbonyl (C=O) groups excluding carboxylic acids is 2. The zero-order valence-electron chi connectivity index (χ0n) is 15.5. The summed E-state index contributed by atoms with van der Waals surface area (Å²) in [6, 6.07) is 9.37. The summed E-state index contributed by atoms with van der Waals surface area (Å²) in [5.41, 5.74) is 3.56. The minimum absolute atomic E-state index is 0.119. The maximum absolute atomic E-state index is 12.5. The van der Waals surface area contributed by atoms with Crippen LogP contribution in [0.15, 0.2) is 36.5 Å². The highest BCUT2D eigenvalue weighted by Gasteiger charge is 2.24. The van der Waals surface area contributed by atoms with Crippen LogP contribution in [0, 0.1) is 0 Å². The number of aromatic nitrogens is 1. The van der Waals surface area contributed by atoms with Crippen molar-refractivity contribution >= 4 is 23.3 Å². The third-order valence-electron chi connectivity index (χ3n) is 4.57. The molecule has 0 bridgehead atoms. The van der Waals surface area contributed by atoms with E-state index in [1.54, 1.807) is 17.2 Å². The lowest BCUT2D eigenvalue weighted by Crippen LogP contribution is -2.28. The van der Waals surface area contributed by atoms with Crippen molar-refractivity contribution in [3.8, 4) is 0 Å². The molecule has 3 rings (SSSR count). The normalized spacial score (nSPS) is 12.7. The zero-order chi connectivity index (χ0) is 18.7. The van der Waals surface area contributed by atoms with E-state index in [1.165, 1.54) is 0 Å². The summed E-state index contributed by atoms with van der Waals surface area (Å²) in [5.74, 6) is 0.839. The second-order valence-corrected chi connectivity index (χ2v) is 6.56. The Morgan fingerprint density at radius 1 is 1.27 bits per heavy atom. The van der Waals surface area contributed by atoms with Crippen LogP contribution in [0.2, 0.25) is 0 Å². The highest BCUT2D eigenvalue weighted by atomic mass is 16.2. The number of fused-ring (bicyclic) bond motifs is 1. The van der Waals surface area contributed by atoms with E-state index in [0.717, 1.165) is 29.1 Å². The molecule has 0 aliphatic carbocycles. The van der Waals surface area contributed by atoms with Crippen molar-refractivity contribution in [2.75, 3.05) is 30.4 Å². The fraction of sp³-hybridized carbons (Fsp3) is 0.350. The number of hydrogen-bond donors (Lipinski definition) is 1. The summed E-state index contributed by atoms with van der Waals surface area (Å²) >= 11 is 0. The Bertz CT molecular complexity index is 832. The van der Waals surface area contributed by atoms with E-state index >= 15 is 0 Å². The molecule has 2 amide bonds. The smallest absolute Gasteiger partial charge is 0.251 e. The lowest BCUT2D eigenvalue weighted by atomic mass is 10.1. The molecular weight excluding hydrogens is 328 g/mol. The highest BCUT2D eigenvalue weighted by molar-refractivity contribution is 5.98. The summed E-state index contributed by atoms with van der Waals surface area (Å²) in [6.07, 6.45) is 3.01. The quantitative estimate of drug-likeness (QED) is 0.897. The average molecular weight is 352 g/mol.